The Labute approximate surface area is 237 Å². The molecule has 0 unspecified atom stereocenters. The summed E-state index contributed by atoms with van der Waals surface area (Å²) in [4.78, 5) is 43.4. The van der Waals surface area contributed by atoms with Crippen molar-refractivity contribution < 1.29 is 100.0 Å². The first-order valence-corrected chi connectivity index (χ1v) is 8.88. The molecule has 153 valence electrons. The Morgan fingerprint density at radius 2 is 1.70 bits per heavy atom. The monoisotopic (exact) mass is 889 g/mol. The van der Waals surface area contributed by atoms with Crippen molar-refractivity contribution >= 4 is 24.1 Å². The molecule has 0 saturated carbocycles. The summed E-state index contributed by atoms with van der Waals surface area (Å²) in [5.41, 5.74) is 5.96. The van der Waals surface area contributed by atoms with E-state index in [-0.39, 0.29) is 92.3 Å². The Bertz CT molecular complexity index is 910. The van der Waals surface area contributed by atoms with E-state index in [1.807, 2.05) is 50.7 Å². The third-order valence-electron chi connectivity index (χ3n) is 4.65. The van der Waals surface area contributed by atoms with E-state index in [1.54, 1.807) is 13.0 Å². The number of carbonyl (C=O) groups excluding carboxylic acids is 4. The second-order valence-corrected chi connectivity index (χ2v) is 6.67. The summed E-state index contributed by atoms with van der Waals surface area (Å²) in [7, 11) is 0. The molecule has 0 bridgehead atoms. The number of benzene rings is 2. The molecule has 2 aromatic rings. The summed E-state index contributed by atoms with van der Waals surface area (Å²) < 4.78 is 0. The summed E-state index contributed by atoms with van der Waals surface area (Å²) in [6.45, 7) is 5.42. The maximum absolute atomic E-state index is 11.5. The fourth-order valence-electron chi connectivity index (χ4n) is 3.32. The van der Waals surface area contributed by atoms with E-state index in [0.29, 0.717) is 24.8 Å². The van der Waals surface area contributed by atoms with Gasteiger partial charge in [-0.05, 0) is 38.3 Å². The Kier molecular flexibility index (Phi) is 16.6. The van der Waals surface area contributed by atoms with E-state index < -0.39 is 0 Å². The van der Waals surface area contributed by atoms with Crippen molar-refractivity contribution in [1.29, 1.82) is 0 Å². The molecule has 0 aliphatic heterocycles. The van der Waals surface area contributed by atoms with E-state index in [1.165, 1.54) is 0 Å². The molecule has 0 saturated heterocycles. The van der Waals surface area contributed by atoms with Crippen LogP contribution in [0.4, 0.5) is 0 Å². The molecule has 1 aliphatic carbocycles. The van der Waals surface area contributed by atoms with Crippen LogP contribution in [0.5, 0.6) is 0 Å². The van der Waals surface area contributed by atoms with E-state index in [9.17, 15) is 19.2 Å². The number of carbonyl (C=O) groups is 2. The van der Waals surface area contributed by atoms with Gasteiger partial charge in [-0.1, -0.05) is 24.1 Å². The maximum Gasteiger partial charge on any atom is 0.163 e. The SMILES string of the molecule is CC(=O)c1ccc(C)c2c1CCC2=O.Cc1ccc([C-]=O)c(CC[C-]=O)c1.[U].[U].[V]. The fraction of sp³-hybridized carbons (Fsp3) is 0.304. The van der Waals surface area contributed by atoms with Gasteiger partial charge in [0.05, 0.1) is 6.29 Å². The van der Waals surface area contributed by atoms with E-state index in [2.05, 4.69) is 0 Å². The third-order valence-corrected chi connectivity index (χ3v) is 4.65. The topological polar surface area (TPSA) is 68.3 Å². The van der Waals surface area contributed by atoms with Gasteiger partial charge in [-0.3, -0.25) is 15.9 Å². The summed E-state index contributed by atoms with van der Waals surface area (Å²) >= 11 is 0. The molecule has 1 radical (unpaired) electrons. The molecule has 2 aromatic carbocycles. The molecule has 0 fully saturated rings. The largest absolute Gasteiger partial charge is 0.542 e. The molecule has 3 rings (SSSR count). The van der Waals surface area contributed by atoms with Gasteiger partial charge >= 0.3 is 0 Å². The molecule has 0 atom stereocenters. The second kappa shape index (κ2) is 15.6. The van der Waals surface area contributed by atoms with Crippen LogP contribution >= 0.6 is 0 Å². The van der Waals surface area contributed by atoms with Crippen molar-refractivity contribution in [2.24, 2.45) is 0 Å². The van der Waals surface area contributed by atoms with Crippen LogP contribution in [0.2, 0.25) is 0 Å². The van der Waals surface area contributed by atoms with Crippen LogP contribution in [0, 0.1) is 76.1 Å². The van der Waals surface area contributed by atoms with Crippen LogP contribution < -0.4 is 0 Å². The zero-order valence-electron chi connectivity index (χ0n) is 17.3. The average molecular weight is 889 g/mol. The van der Waals surface area contributed by atoms with Gasteiger partial charge in [0.2, 0.25) is 0 Å². The van der Waals surface area contributed by atoms with Gasteiger partial charge in [0.15, 0.2) is 11.6 Å². The predicted molar refractivity (Wildman–Crippen MR) is 104 cm³/mol. The van der Waals surface area contributed by atoms with Crippen LogP contribution in [0.1, 0.15) is 68.3 Å². The van der Waals surface area contributed by atoms with Gasteiger partial charge in [-0.25, -0.2) is 0 Å². The first-order chi connectivity index (χ1) is 12.9. The van der Waals surface area contributed by atoms with E-state index >= 15 is 0 Å². The van der Waals surface area contributed by atoms with Crippen molar-refractivity contribution in [2.75, 3.05) is 0 Å². The van der Waals surface area contributed by atoms with Crippen molar-refractivity contribution in [3.8, 4) is 0 Å². The van der Waals surface area contributed by atoms with Crippen molar-refractivity contribution in [3.63, 3.8) is 0 Å². The second-order valence-electron chi connectivity index (χ2n) is 6.67. The summed E-state index contributed by atoms with van der Waals surface area (Å²) in [5, 5.41) is 0. The summed E-state index contributed by atoms with van der Waals surface area (Å²) in [5.74, 6) is 0.233. The quantitative estimate of drug-likeness (QED) is 0.339. The van der Waals surface area contributed by atoms with Crippen LogP contribution in [0.3, 0.4) is 0 Å². The van der Waals surface area contributed by atoms with E-state index in [0.717, 1.165) is 39.8 Å². The summed E-state index contributed by atoms with van der Waals surface area (Å²) in [6.07, 6.45) is 5.84. The van der Waals surface area contributed by atoms with Gasteiger partial charge in [0, 0.05) is 98.3 Å². The van der Waals surface area contributed by atoms with Crippen LogP contribution in [0.25, 0.3) is 0 Å². The first-order valence-electron chi connectivity index (χ1n) is 8.88. The van der Waals surface area contributed by atoms with Crippen LogP contribution in [-0.2, 0) is 41.0 Å². The number of aryl methyl sites for hydroxylation is 3. The minimum Gasteiger partial charge on any atom is -0.542 e. The van der Waals surface area contributed by atoms with Crippen molar-refractivity contribution in [3.05, 3.63) is 69.3 Å². The molecular weight excluding hydrogens is 867 g/mol. The average Bonchev–Trinajstić information content (AvgIpc) is 3.03. The first kappa shape index (κ1) is 32.0. The standard InChI is InChI=1S/C12H12O2.C11H10O2.2U.V/c1-7-3-4-9(8(2)13)10-5-6-11(14)12(7)10;1-9-4-5-11(8-13)10(7-9)3-2-6-12;;;/h3-4H,5-6H2,1-2H3;4-5,7H,2-3H2,1H3;;;/q;-2;;;. The zero-order chi connectivity index (χ0) is 20.0. The van der Waals surface area contributed by atoms with Gasteiger partial charge in [-0.2, -0.15) is 12.5 Å². The molecular formula is C23H22O4U2V-2. The molecule has 0 aromatic heterocycles. The zero-order valence-corrected chi connectivity index (χ0v) is 27.0. The molecule has 4 nitrogen and oxygen atoms in total. The predicted octanol–water partition coefficient (Wildman–Crippen LogP) is 3.82. The van der Waals surface area contributed by atoms with Crippen molar-refractivity contribution in [2.45, 2.75) is 46.5 Å². The third kappa shape index (κ3) is 8.39. The van der Waals surface area contributed by atoms with Gasteiger partial charge in [-0.15, -0.1) is 23.3 Å². The molecule has 1 aliphatic rings. The Morgan fingerprint density at radius 1 is 1.03 bits per heavy atom. The Balaban J connectivity index is 0. The minimum atomic E-state index is 0. The molecule has 30 heavy (non-hydrogen) atoms. The van der Waals surface area contributed by atoms with Gasteiger partial charge in [0.1, 0.15) is 0 Å². The maximum atomic E-state index is 11.5. The molecule has 0 amide bonds. The minimum absolute atomic E-state index is 0. The normalized spacial score (nSPS) is 10.8. The van der Waals surface area contributed by atoms with Gasteiger partial charge < -0.3 is 9.59 Å². The number of hydrogen-bond donors (Lipinski definition) is 0. The fourth-order valence-corrected chi connectivity index (χ4v) is 3.32. The molecule has 0 spiro atoms. The van der Waals surface area contributed by atoms with Crippen molar-refractivity contribution in [1.82, 2.24) is 0 Å². The van der Waals surface area contributed by atoms with Gasteiger partial charge in [0.25, 0.3) is 0 Å². The number of fused-ring (bicyclic) bond motifs is 1. The van der Waals surface area contributed by atoms with Crippen LogP contribution in [0.15, 0.2) is 30.3 Å². The number of rotatable bonds is 5. The Morgan fingerprint density at radius 3 is 2.27 bits per heavy atom. The molecule has 7 heteroatoms. The molecule has 0 N–H and O–H groups in total. The number of Topliss-reactive ketones (excluding diaryl/α,β-unsaturated/α-hetero) is 2. The number of ketones is 2. The Hall–Kier alpha value is -0.192. The smallest absolute Gasteiger partial charge is 0.163 e. The van der Waals surface area contributed by atoms with E-state index in [4.69, 9.17) is 0 Å². The molecule has 0 heterocycles. The number of hydrogen-bond acceptors (Lipinski definition) is 4. The van der Waals surface area contributed by atoms with Crippen LogP contribution in [-0.4, -0.2) is 24.1 Å². The summed E-state index contributed by atoms with van der Waals surface area (Å²) in [6, 6.07) is 9.17.